The molecule has 0 saturated carbocycles. The van der Waals surface area contributed by atoms with Crippen LogP contribution in [0, 0.1) is 0 Å². The predicted molar refractivity (Wildman–Crippen MR) is 228 cm³/mol. The van der Waals surface area contributed by atoms with Crippen LogP contribution in [-0.2, 0) is 0 Å². The Kier molecular flexibility index (Phi) is 6.53. The van der Waals surface area contributed by atoms with Gasteiger partial charge in [0.05, 0.1) is 39.1 Å². The first kappa shape index (κ1) is 30.7. The van der Waals surface area contributed by atoms with E-state index >= 15 is 0 Å². The maximum atomic E-state index is 6.39. The van der Waals surface area contributed by atoms with Gasteiger partial charge < -0.3 is 13.6 Å². The highest BCUT2D eigenvalue weighted by atomic mass is 16.3. The van der Waals surface area contributed by atoms with E-state index in [1.165, 1.54) is 5.39 Å². The van der Waals surface area contributed by atoms with Crippen LogP contribution in [0.1, 0.15) is 0 Å². The van der Waals surface area contributed by atoms with Crippen molar-refractivity contribution < 1.29 is 4.42 Å². The Morgan fingerprint density at radius 1 is 0.375 bits per heavy atom. The molecule has 12 rings (SSSR count). The van der Waals surface area contributed by atoms with Crippen LogP contribution in [0.3, 0.4) is 0 Å². The number of aromatic nitrogens is 5. The molecule has 262 valence electrons. The summed E-state index contributed by atoms with van der Waals surface area (Å²) in [7, 11) is 0. The fraction of sp³-hybridized carbons (Fsp3) is 0. The molecular formula is C50H31N5O. The van der Waals surface area contributed by atoms with Crippen molar-refractivity contribution in [3.8, 4) is 39.8 Å². The van der Waals surface area contributed by atoms with E-state index in [0.29, 0.717) is 5.82 Å². The average molecular weight is 718 g/mol. The van der Waals surface area contributed by atoms with Gasteiger partial charge in [0.15, 0.2) is 11.6 Å². The minimum absolute atomic E-state index is 0.682. The molecule has 6 heteroatoms. The number of nitrogens with zero attached hydrogens (tertiary/aromatic N) is 5. The Morgan fingerprint density at radius 2 is 0.946 bits per heavy atom. The predicted octanol–water partition coefficient (Wildman–Crippen LogP) is 12.7. The van der Waals surface area contributed by atoms with Crippen LogP contribution in [0.5, 0.6) is 0 Å². The minimum Gasteiger partial charge on any atom is -0.456 e. The molecule has 0 bridgehead atoms. The summed E-state index contributed by atoms with van der Waals surface area (Å²) in [6.07, 6.45) is 0. The van der Waals surface area contributed by atoms with Gasteiger partial charge in [-0.2, -0.15) is 0 Å². The summed E-state index contributed by atoms with van der Waals surface area (Å²) in [5.41, 5.74) is 11.3. The van der Waals surface area contributed by atoms with Crippen molar-refractivity contribution in [2.45, 2.75) is 0 Å². The summed E-state index contributed by atoms with van der Waals surface area (Å²) >= 11 is 0. The second-order valence-corrected chi connectivity index (χ2v) is 14.2. The molecule has 0 spiro atoms. The lowest BCUT2D eigenvalue weighted by molar-refractivity contribution is 0.669. The highest BCUT2D eigenvalue weighted by molar-refractivity contribution is 6.18. The van der Waals surface area contributed by atoms with Crippen LogP contribution in [0.4, 0.5) is 0 Å². The second-order valence-electron chi connectivity index (χ2n) is 14.2. The quantitative estimate of drug-likeness (QED) is 0.178. The maximum absolute atomic E-state index is 6.39. The Morgan fingerprint density at radius 3 is 1.71 bits per heavy atom. The first-order valence-electron chi connectivity index (χ1n) is 18.8. The van der Waals surface area contributed by atoms with E-state index in [0.717, 1.165) is 94.2 Å². The molecular weight excluding hydrogens is 687 g/mol. The van der Waals surface area contributed by atoms with Gasteiger partial charge in [-0.15, -0.1) is 5.10 Å². The number of rotatable bonds is 5. The van der Waals surface area contributed by atoms with Crippen LogP contribution in [0.15, 0.2) is 192 Å². The van der Waals surface area contributed by atoms with Crippen molar-refractivity contribution >= 4 is 65.6 Å². The molecule has 0 aliphatic rings. The van der Waals surface area contributed by atoms with E-state index in [-0.39, 0.29) is 0 Å². The van der Waals surface area contributed by atoms with Crippen LogP contribution in [0.25, 0.3) is 105 Å². The van der Waals surface area contributed by atoms with Crippen LogP contribution < -0.4 is 0 Å². The summed E-state index contributed by atoms with van der Waals surface area (Å²) < 4.78 is 13.2. The molecule has 4 heterocycles. The van der Waals surface area contributed by atoms with Gasteiger partial charge in [-0.1, -0.05) is 133 Å². The number of furan rings is 1. The van der Waals surface area contributed by atoms with E-state index in [1.807, 2.05) is 41.1 Å². The molecule has 6 nitrogen and oxygen atoms in total. The van der Waals surface area contributed by atoms with E-state index in [4.69, 9.17) is 14.5 Å². The van der Waals surface area contributed by atoms with Gasteiger partial charge in [0, 0.05) is 43.4 Å². The van der Waals surface area contributed by atoms with Crippen molar-refractivity contribution in [2.75, 3.05) is 0 Å². The Bertz CT molecular complexity index is 3480. The molecule has 0 atom stereocenters. The number of hydrogen-bond acceptors (Lipinski definition) is 3. The number of para-hydroxylation sites is 5. The third-order valence-corrected chi connectivity index (χ3v) is 11.1. The molecule has 0 unspecified atom stereocenters. The molecule has 0 fully saturated rings. The molecule has 0 aliphatic heterocycles. The van der Waals surface area contributed by atoms with Gasteiger partial charge in [0.2, 0.25) is 0 Å². The first-order chi connectivity index (χ1) is 27.8. The Balaban J connectivity index is 1.15. The lowest BCUT2D eigenvalue weighted by Gasteiger charge is -2.17. The topological polar surface area (TPSA) is 53.7 Å². The maximum Gasteiger partial charge on any atom is 0.182 e. The summed E-state index contributed by atoms with van der Waals surface area (Å²) in [4.78, 5) is 5.16. The zero-order valence-electron chi connectivity index (χ0n) is 30.0. The SMILES string of the molecule is c1ccc(-c2nc(-c3ccccc3)n(-c3cccc4c3c3ccccc3n4-c3ccccc3-n3c4ccccc4c4cc5oc6ccccc6c5cc43)n2)cc1. The number of fused-ring (bicyclic) bond motifs is 9. The van der Waals surface area contributed by atoms with Crippen molar-refractivity contribution in [1.82, 2.24) is 23.9 Å². The fourth-order valence-electron chi connectivity index (χ4n) is 8.69. The second kappa shape index (κ2) is 11.9. The highest BCUT2D eigenvalue weighted by Gasteiger charge is 2.24. The van der Waals surface area contributed by atoms with E-state index < -0.39 is 0 Å². The fourth-order valence-corrected chi connectivity index (χ4v) is 8.69. The molecule has 8 aromatic carbocycles. The average Bonchev–Trinajstić information content (AvgIpc) is 4.03. The van der Waals surface area contributed by atoms with Gasteiger partial charge in [-0.05, 0) is 54.6 Å². The zero-order chi connectivity index (χ0) is 36.7. The van der Waals surface area contributed by atoms with Gasteiger partial charge in [0.1, 0.15) is 11.2 Å². The molecule has 4 aromatic heterocycles. The summed E-state index contributed by atoms with van der Waals surface area (Å²) in [5.74, 6) is 1.47. The smallest absolute Gasteiger partial charge is 0.182 e. The Labute approximate surface area is 320 Å². The largest absolute Gasteiger partial charge is 0.456 e. The molecule has 0 aliphatic carbocycles. The minimum atomic E-state index is 0.682. The zero-order valence-corrected chi connectivity index (χ0v) is 30.0. The normalized spacial score (nSPS) is 11.9. The summed E-state index contributed by atoms with van der Waals surface area (Å²) in [5, 5.41) is 12.0. The number of benzene rings is 8. The molecule has 12 aromatic rings. The highest BCUT2D eigenvalue weighted by Crippen LogP contribution is 2.42. The molecule has 0 saturated heterocycles. The van der Waals surface area contributed by atoms with Crippen molar-refractivity contribution in [3.63, 3.8) is 0 Å². The van der Waals surface area contributed by atoms with E-state index in [1.54, 1.807) is 0 Å². The van der Waals surface area contributed by atoms with Crippen LogP contribution in [0.2, 0.25) is 0 Å². The Hall–Kier alpha value is -7.70. The third kappa shape index (κ3) is 4.44. The lowest BCUT2D eigenvalue weighted by atomic mass is 10.1. The first-order valence-corrected chi connectivity index (χ1v) is 18.8. The molecule has 0 amide bonds. The summed E-state index contributed by atoms with van der Waals surface area (Å²) in [6.45, 7) is 0. The van der Waals surface area contributed by atoms with Gasteiger partial charge >= 0.3 is 0 Å². The third-order valence-electron chi connectivity index (χ3n) is 11.1. The van der Waals surface area contributed by atoms with Crippen molar-refractivity contribution in [1.29, 1.82) is 0 Å². The molecule has 0 radical (unpaired) electrons. The van der Waals surface area contributed by atoms with Crippen molar-refractivity contribution in [3.05, 3.63) is 188 Å². The van der Waals surface area contributed by atoms with Crippen LogP contribution >= 0.6 is 0 Å². The molecule has 56 heavy (non-hydrogen) atoms. The van der Waals surface area contributed by atoms with E-state index in [2.05, 4.69) is 161 Å². The van der Waals surface area contributed by atoms with Gasteiger partial charge in [-0.3, -0.25) is 0 Å². The van der Waals surface area contributed by atoms with Crippen LogP contribution in [-0.4, -0.2) is 23.9 Å². The monoisotopic (exact) mass is 717 g/mol. The van der Waals surface area contributed by atoms with Gasteiger partial charge in [-0.25, -0.2) is 9.67 Å². The van der Waals surface area contributed by atoms with E-state index in [9.17, 15) is 0 Å². The standard InChI is InChI=1S/C50H31N5O/c1-3-16-32(17-4-1)49-51-50(33-18-5-2-6-19-33)55(52-49)44-28-15-27-43-48(44)36-22-8-11-24-40(36)53(43)41-25-12-13-26-42(41)54-39-23-10-7-20-34(39)37-31-47-38(30-45(37)54)35-21-9-14-29-46(35)56-47/h1-31H. The molecule has 0 N–H and O–H groups in total. The number of hydrogen-bond donors (Lipinski definition) is 0. The lowest BCUT2D eigenvalue weighted by Crippen LogP contribution is -2.04. The summed E-state index contributed by atoms with van der Waals surface area (Å²) in [6, 6.07) is 66.0. The van der Waals surface area contributed by atoms with Gasteiger partial charge in [0.25, 0.3) is 0 Å². The van der Waals surface area contributed by atoms with Crippen molar-refractivity contribution in [2.24, 2.45) is 0 Å².